The molecule has 1 atom stereocenters. The number of hydrogen-bond acceptors (Lipinski definition) is 5. The van der Waals surface area contributed by atoms with Crippen molar-refractivity contribution in [2.75, 3.05) is 6.54 Å². The number of carbonyl (C=O) groups is 2. The van der Waals surface area contributed by atoms with Gasteiger partial charge in [-0.2, -0.15) is 0 Å². The van der Waals surface area contributed by atoms with Crippen LogP contribution in [0.25, 0.3) is 10.6 Å². The Hall–Kier alpha value is -1.92. The molecule has 0 aliphatic heterocycles. The molecule has 2 rings (SSSR count). The van der Waals surface area contributed by atoms with Gasteiger partial charge in [0, 0.05) is 22.5 Å². The molecule has 128 valence electrons. The number of carbonyl (C=O) groups excluding carboxylic acids is 2. The van der Waals surface area contributed by atoms with Crippen molar-refractivity contribution in [3.05, 3.63) is 40.4 Å². The Morgan fingerprint density at radius 3 is 2.54 bits per heavy atom. The second kappa shape index (κ2) is 8.26. The van der Waals surface area contributed by atoms with E-state index in [2.05, 4.69) is 10.3 Å². The second-order valence-electron chi connectivity index (χ2n) is 5.73. The topological polar surface area (TPSA) is 68.3 Å². The number of esters is 1. The Morgan fingerprint density at radius 1 is 1.25 bits per heavy atom. The molecule has 2 aromatic rings. The predicted octanol–water partition coefficient (Wildman–Crippen LogP) is 3.78. The molecule has 1 aromatic carbocycles. The smallest absolute Gasteiger partial charge is 0.358 e. The zero-order chi connectivity index (χ0) is 17.7. The Bertz CT molecular complexity index is 713. The van der Waals surface area contributed by atoms with E-state index in [1.54, 1.807) is 24.4 Å². The number of benzene rings is 1. The van der Waals surface area contributed by atoms with Gasteiger partial charge in [-0.15, -0.1) is 11.3 Å². The van der Waals surface area contributed by atoms with Crippen LogP contribution in [-0.2, 0) is 9.53 Å². The Balaban J connectivity index is 1.98. The maximum Gasteiger partial charge on any atom is 0.358 e. The molecule has 0 spiro atoms. The van der Waals surface area contributed by atoms with Gasteiger partial charge < -0.3 is 10.1 Å². The number of aromatic nitrogens is 1. The van der Waals surface area contributed by atoms with Gasteiger partial charge in [-0.05, 0) is 25.0 Å². The van der Waals surface area contributed by atoms with E-state index in [4.69, 9.17) is 16.3 Å². The van der Waals surface area contributed by atoms with Crippen molar-refractivity contribution in [2.45, 2.75) is 26.9 Å². The molecule has 1 heterocycles. The standard InChI is InChI=1S/C17H19ClN2O3S/c1-10(2)8-19-15(21)11(3)23-17(22)14-9-24-16(20-14)12-4-6-13(18)7-5-12/h4-7,9-11H,8H2,1-3H3,(H,19,21). The van der Waals surface area contributed by atoms with Crippen LogP contribution in [0.2, 0.25) is 5.02 Å². The van der Waals surface area contributed by atoms with Gasteiger partial charge in [0.1, 0.15) is 5.01 Å². The molecule has 1 amide bonds. The molecule has 0 aliphatic rings. The lowest BCUT2D eigenvalue weighted by Crippen LogP contribution is -2.37. The average Bonchev–Trinajstić information content (AvgIpc) is 3.03. The van der Waals surface area contributed by atoms with Gasteiger partial charge in [0.25, 0.3) is 5.91 Å². The van der Waals surface area contributed by atoms with E-state index >= 15 is 0 Å². The van der Waals surface area contributed by atoms with Gasteiger partial charge in [-0.3, -0.25) is 4.79 Å². The summed E-state index contributed by atoms with van der Waals surface area (Å²) in [6.07, 6.45) is -0.864. The molecule has 5 nitrogen and oxygen atoms in total. The molecule has 0 saturated carbocycles. The monoisotopic (exact) mass is 366 g/mol. The van der Waals surface area contributed by atoms with E-state index in [1.807, 2.05) is 26.0 Å². The number of thiazole rings is 1. The predicted molar refractivity (Wildman–Crippen MR) is 95.3 cm³/mol. The fraction of sp³-hybridized carbons (Fsp3) is 0.353. The zero-order valence-corrected chi connectivity index (χ0v) is 15.3. The van der Waals surface area contributed by atoms with Crippen LogP contribution < -0.4 is 5.32 Å². The van der Waals surface area contributed by atoms with E-state index in [-0.39, 0.29) is 11.6 Å². The van der Waals surface area contributed by atoms with Crippen molar-refractivity contribution < 1.29 is 14.3 Å². The summed E-state index contributed by atoms with van der Waals surface area (Å²) in [5, 5.41) is 5.67. The number of rotatable bonds is 6. The van der Waals surface area contributed by atoms with Gasteiger partial charge in [0.15, 0.2) is 11.8 Å². The lowest BCUT2D eigenvalue weighted by Gasteiger charge is -2.13. The summed E-state index contributed by atoms with van der Waals surface area (Å²) in [7, 11) is 0. The summed E-state index contributed by atoms with van der Waals surface area (Å²) in [4.78, 5) is 28.2. The fourth-order valence-electron chi connectivity index (χ4n) is 1.82. The molecular formula is C17H19ClN2O3S. The average molecular weight is 367 g/mol. The lowest BCUT2D eigenvalue weighted by molar-refractivity contribution is -0.129. The van der Waals surface area contributed by atoms with Crippen molar-refractivity contribution in [1.29, 1.82) is 0 Å². The highest BCUT2D eigenvalue weighted by atomic mass is 35.5. The van der Waals surface area contributed by atoms with Crippen molar-refractivity contribution in [3.63, 3.8) is 0 Å². The number of ether oxygens (including phenoxy) is 1. The van der Waals surface area contributed by atoms with Gasteiger partial charge in [-0.25, -0.2) is 9.78 Å². The third kappa shape index (κ3) is 5.04. The van der Waals surface area contributed by atoms with Crippen LogP contribution in [0.4, 0.5) is 0 Å². The van der Waals surface area contributed by atoms with Gasteiger partial charge in [0.2, 0.25) is 0 Å². The highest BCUT2D eigenvalue weighted by molar-refractivity contribution is 7.13. The molecule has 0 fully saturated rings. The number of halogens is 1. The third-order valence-electron chi connectivity index (χ3n) is 3.14. The number of amides is 1. The zero-order valence-electron chi connectivity index (χ0n) is 13.7. The van der Waals surface area contributed by atoms with Crippen LogP contribution in [0, 0.1) is 5.92 Å². The molecule has 0 saturated heterocycles. The van der Waals surface area contributed by atoms with Gasteiger partial charge >= 0.3 is 5.97 Å². The molecular weight excluding hydrogens is 348 g/mol. The first-order valence-electron chi connectivity index (χ1n) is 7.57. The van der Waals surface area contributed by atoms with E-state index in [1.165, 1.54) is 11.3 Å². The molecule has 24 heavy (non-hydrogen) atoms. The van der Waals surface area contributed by atoms with Crippen molar-refractivity contribution in [3.8, 4) is 10.6 Å². The first-order valence-corrected chi connectivity index (χ1v) is 8.82. The Kier molecular flexibility index (Phi) is 6.34. The number of hydrogen-bond donors (Lipinski definition) is 1. The van der Waals surface area contributed by atoms with Gasteiger partial charge in [0.05, 0.1) is 0 Å². The molecule has 0 aliphatic carbocycles. The van der Waals surface area contributed by atoms with Gasteiger partial charge in [-0.1, -0.05) is 37.6 Å². The first kappa shape index (κ1) is 18.4. The van der Waals surface area contributed by atoms with E-state index < -0.39 is 12.1 Å². The minimum Gasteiger partial charge on any atom is -0.448 e. The summed E-state index contributed by atoms with van der Waals surface area (Å²) in [6, 6.07) is 7.19. The molecule has 0 radical (unpaired) electrons. The van der Waals surface area contributed by atoms with Crippen LogP contribution in [0.5, 0.6) is 0 Å². The summed E-state index contributed by atoms with van der Waals surface area (Å²) in [5.41, 5.74) is 1.06. The van der Waals surface area contributed by atoms with Crippen molar-refractivity contribution >= 4 is 34.8 Å². The molecule has 1 unspecified atom stereocenters. The van der Waals surface area contributed by atoms with Crippen molar-refractivity contribution in [2.24, 2.45) is 5.92 Å². The molecule has 1 N–H and O–H groups in total. The number of nitrogens with one attached hydrogen (secondary N) is 1. The SMILES string of the molecule is CC(C)CNC(=O)C(C)OC(=O)c1csc(-c2ccc(Cl)cc2)n1. The van der Waals surface area contributed by atoms with Crippen LogP contribution in [0.3, 0.4) is 0 Å². The van der Waals surface area contributed by atoms with Crippen LogP contribution in [0.15, 0.2) is 29.6 Å². The lowest BCUT2D eigenvalue weighted by atomic mass is 10.2. The summed E-state index contributed by atoms with van der Waals surface area (Å²) in [6.45, 7) is 6.06. The minimum absolute atomic E-state index is 0.188. The third-order valence-corrected chi connectivity index (χ3v) is 4.29. The van der Waals surface area contributed by atoms with E-state index in [9.17, 15) is 9.59 Å². The molecule has 0 bridgehead atoms. The van der Waals surface area contributed by atoms with Crippen LogP contribution in [-0.4, -0.2) is 29.5 Å². The fourth-order valence-corrected chi connectivity index (χ4v) is 2.74. The van der Waals surface area contributed by atoms with Crippen molar-refractivity contribution in [1.82, 2.24) is 10.3 Å². The quantitative estimate of drug-likeness (QED) is 0.790. The maximum absolute atomic E-state index is 12.1. The largest absolute Gasteiger partial charge is 0.448 e. The Morgan fingerprint density at radius 2 is 1.92 bits per heavy atom. The summed E-state index contributed by atoms with van der Waals surface area (Å²) >= 11 is 7.19. The maximum atomic E-state index is 12.1. The highest BCUT2D eigenvalue weighted by Crippen LogP contribution is 2.25. The van der Waals surface area contributed by atoms with E-state index in [0.29, 0.717) is 22.5 Å². The first-order chi connectivity index (χ1) is 11.4. The number of nitrogens with zero attached hydrogens (tertiary/aromatic N) is 1. The molecule has 1 aromatic heterocycles. The normalized spacial score (nSPS) is 12.0. The van der Waals surface area contributed by atoms with Crippen LogP contribution in [0.1, 0.15) is 31.3 Å². The molecule has 7 heteroatoms. The summed E-state index contributed by atoms with van der Waals surface area (Å²) in [5.74, 6) is -0.596. The minimum atomic E-state index is -0.864. The van der Waals surface area contributed by atoms with Crippen LogP contribution >= 0.6 is 22.9 Å². The summed E-state index contributed by atoms with van der Waals surface area (Å²) < 4.78 is 5.17. The highest BCUT2D eigenvalue weighted by Gasteiger charge is 2.21. The van der Waals surface area contributed by atoms with E-state index in [0.717, 1.165) is 5.56 Å². The Labute approximate surface area is 150 Å². The second-order valence-corrected chi connectivity index (χ2v) is 7.03.